The standard InChI is InChI=1S/C27H25Cl2N3O4S/c1-35-21-9-5-19(6-10-21)30-25(33)16-24-26(34)32(20-7-11-22(36-2)12-8-20)27(37)31(24)14-13-17-3-4-18(28)15-23(17)29/h3-12,15,24H,13-14,16H2,1-2H3,(H,30,33). The van der Waals surface area contributed by atoms with E-state index in [2.05, 4.69) is 5.32 Å². The first kappa shape index (κ1) is 26.7. The van der Waals surface area contributed by atoms with Crippen molar-refractivity contribution >= 4 is 63.7 Å². The van der Waals surface area contributed by atoms with Gasteiger partial charge >= 0.3 is 0 Å². The van der Waals surface area contributed by atoms with Gasteiger partial charge in [-0.25, -0.2) is 0 Å². The SMILES string of the molecule is COc1ccc(NC(=O)CC2C(=O)N(c3ccc(OC)cc3)C(=S)N2CCc2ccc(Cl)cc2Cl)cc1. The van der Waals surface area contributed by atoms with Gasteiger partial charge in [0.1, 0.15) is 17.5 Å². The molecule has 0 saturated carbocycles. The van der Waals surface area contributed by atoms with Crippen LogP contribution in [0, 0.1) is 0 Å². The zero-order chi connectivity index (χ0) is 26.5. The summed E-state index contributed by atoms with van der Waals surface area (Å²) in [4.78, 5) is 29.8. The average Bonchev–Trinajstić information content (AvgIpc) is 3.12. The summed E-state index contributed by atoms with van der Waals surface area (Å²) in [6.07, 6.45) is 0.433. The van der Waals surface area contributed by atoms with Gasteiger partial charge in [0.2, 0.25) is 5.91 Å². The highest BCUT2D eigenvalue weighted by Crippen LogP contribution is 2.30. The number of halogens is 2. The average molecular weight is 558 g/mol. The molecule has 10 heteroatoms. The van der Waals surface area contributed by atoms with Crippen molar-refractivity contribution in [1.82, 2.24) is 4.90 Å². The molecule has 0 aromatic heterocycles. The summed E-state index contributed by atoms with van der Waals surface area (Å²) in [5.74, 6) is 0.752. The van der Waals surface area contributed by atoms with Gasteiger partial charge in [-0.2, -0.15) is 0 Å². The monoisotopic (exact) mass is 557 g/mol. The number of nitrogens with zero attached hydrogens (tertiary/aromatic N) is 2. The molecule has 2 amide bonds. The Balaban J connectivity index is 1.56. The van der Waals surface area contributed by atoms with Gasteiger partial charge in [-0.05, 0) is 84.9 Å². The van der Waals surface area contributed by atoms with Gasteiger partial charge in [-0.3, -0.25) is 14.5 Å². The molecular weight excluding hydrogens is 533 g/mol. The summed E-state index contributed by atoms with van der Waals surface area (Å²) in [6.45, 7) is 0.388. The largest absolute Gasteiger partial charge is 0.497 e. The molecule has 3 aromatic carbocycles. The maximum atomic E-state index is 13.6. The Labute approximate surface area is 230 Å². The van der Waals surface area contributed by atoms with Crippen LogP contribution in [0.4, 0.5) is 11.4 Å². The lowest BCUT2D eigenvalue weighted by Crippen LogP contribution is -2.39. The molecule has 1 aliphatic rings. The molecule has 0 aliphatic carbocycles. The Bertz CT molecular complexity index is 1300. The van der Waals surface area contributed by atoms with E-state index in [0.717, 1.165) is 5.56 Å². The molecule has 37 heavy (non-hydrogen) atoms. The van der Waals surface area contributed by atoms with Crippen molar-refractivity contribution in [2.45, 2.75) is 18.9 Å². The maximum absolute atomic E-state index is 13.6. The summed E-state index contributed by atoms with van der Waals surface area (Å²) in [5.41, 5.74) is 2.07. The number of amides is 2. The number of nitrogens with one attached hydrogen (secondary N) is 1. The van der Waals surface area contributed by atoms with Crippen LogP contribution in [0.1, 0.15) is 12.0 Å². The number of thiocarbonyl (C=S) groups is 1. The Morgan fingerprint density at radius 1 is 0.973 bits per heavy atom. The van der Waals surface area contributed by atoms with Crippen LogP contribution < -0.4 is 19.7 Å². The molecule has 1 aliphatic heterocycles. The highest BCUT2D eigenvalue weighted by atomic mass is 35.5. The highest BCUT2D eigenvalue weighted by Gasteiger charge is 2.44. The van der Waals surface area contributed by atoms with Crippen molar-refractivity contribution in [3.05, 3.63) is 82.3 Å². The number of carbonyl (C=O) groups excluding carboxylic acids is 2. The predicted molar refractivity (Wildman–Crippen MR) is 150 cm³/mol. The summed E-state index contributed by atoms with van der Waals surface area (Å²) in [5, 5.41) is 4.24. The van der Waals surface area contributed by atoms with Gasteiger partial charge in [0.05, 0.1) is 26.3 Å². The number of methoxy groups -OCH3 is 2. The van der Waals surface area contributed by atoms with E-state index in [-0.39, 0.29) is 18.2 Å². The number of hydrogen-bond donors (Lipinski definition) is 1. The molecule has 1 N–H and O–H groups in total. The third-order valence-corrected chi connectivity index (χ3v) is 7.04. The number of rotatable bonds is 9. The van der Waals surface area contributed by atoms with Gasteiger partial charge in [-0.1, -0.05) is 29.3 Å². The number of carbonyl (C=O) groups is 2. The van der Waals surface area contributed by atoms with Gasteiger partial charge in [0.25, 0.3) is 5.91 Å². The molecule has 7 nitrogen and oxygen atoms in total. The van der Waals surface area contributed by atoms with Crippen molar-refractivity contribution in [2.24, 2.45) is 0 Å². The predicted octanol–water partition coefficient (Wildman–Crippen LogP) is 5.58. The van der Waals surface area contributed by atoms with Crippen LogP contribution in [0.5, 0.6) is 11.5 Å². The minimum absolute atomic E-state index is 0.0774. The first-order valence-electron chi connectivity index (χ1n) is 11.5. The zero-order valence-corrected chi connectivity index (χ0v) is 22.6. The van der Waals surface area contributed by atoms with Gasteiger partial charge in [-0.15, -0.1) is 0 Å². The summed E-state index contributed by atoms with van der Waals surface area (Å²) in [6, 6.07) is 18.5. The van der Waals surface area contributed by atoms with Gasteiger partial charge in [0, 0.05) is 22.3 Å². The Hall–Kier alpha value is -3.33. The highest BCUT2D eigenvalue weighted by molar-refractivity contribution is 7.80. The smallest absolute Gasteiger partial charge is 0.256 e. The molecule has 1 heterocycles. The Kier molecular flexibility index (Phi) is 8.53. The van der Waals surface area contributed by atoms with E-state index in [1.165, 1.54) is 4.90 Å². The van der Waals surface area contributed by atoms with Crippen LogP contribution in [0.15, 0.2) is 66.7 Å². The van der Waals surface area contributed by atoms with E-state index < -0.39 is 6.04 Å². The van der Waals surface area contributed by atoms with Crippen LogP contribution in [0.2, 0.25) is 10.0 Å². The summed E-state index contributed by atoms with van der Waals surface area (Å²) < 4.78 is 10.4. The molecule has 1 fully saturated rings. The summed E-state index contributed by atoms with van der Waals surface area (Å²) >= 11 is 18.1. The topological polar surface area (TPSA) is 71.1 Å². The maximum Gasteiger partial charge on any atom is 0.256 e. The second-order valence-electron chi connectivity index (χ2n) is 8.33. The number of anilines is 2. The quantitative estimate of drug-likeness (QED) is 0.346. The van der Waals surface area contributed by atoms with E-state index in [9.17, 15) is 9.59 Å². The van der Waals surface area contributed by atoms with Crippen LogP contribution in [-0.4, -0.2) is 48.6 Å². The van der Waals surface area contributed by atoms with Crippen molar-refractivity contribution in [1.29, 1.82) is 0 Å². The van der Waals surface area contributed by atoms with Crippen molar-refractivity contribution in [3.8, 4) is 11.5 Å². The van der Waals surface area contributed by atoms with E-state index in [0.29, 0.717) is 51.0 Å². The van der Waals surface area contributed by atoms with Crippen LogP contribution in [-0.2, 0) is 16.0 Å². The first-order valence-corrected chi connectivity index (χ1v) is 12.6. The molecular formula is C27H25Cl2N3O4S. The lowest BCUT2D eigenvalue weighted by Gasteiger charge is -2.24. The Morgan fingerprint density at radius 3 is 2.19 bits per heavy atom. The first-order chi connectivity index (χ1) is 17.8. The number of benzene rings is 3. The second-order valence-corrected chi connectivity index (χ2v) is 9.54. The molecule has 0 bridgehead atoms. The molecule has 1 atom stereocenters. The fraction of sp³-hybridized carbons (Fsp3) is 0.222. The molecule has 3 aromatic rings. The Morgan fingerprint density at radius 2 is 1.59 bits per heavy atom. The van der Waals surface area contributed by atoms with Crippen LogP contribution >= 0.6 is 35.4 Å². The lowest BCUT2D eigenvalue weighted by molar-refractivity contribution is -0.124. The third-order valence-electron chi connectivity index (χ3n) is 6.04. The normalized spacial score (nSPS) is 15.2. The molecule has 4 rings (SSSR count). The number of ether oxygens (including phenoxy) is 2. The molecule has 192 valence electrons. The van der Waals surface area contributed by atoms with Gasteiger partial charge < -0.3 is 19.7 Å². The third kappa shape index (κ3) is 6.15. The van der Waals surface area contributed by atoms with Crippen LogP contribution in [0.25, 0.3) is 0 Å². The van der Waals surface area contributed by atoms with Crippen molar-refractivity contribution in [2.75, 3.05) is 31.0 Å². The van der Waals surface area contributed by atoms with E-state index in [1.54, 1.807) is 79.8 Å². The zero-order valence-electron chi connectivity index (χ0n) is 20.2. The van der Waals surface area contributed by atoms with E-state index >= 15 is 0 Å². The molecule has 1 saturated heterocycles. The number of hydrogen-bond acceptors (Lipinski definition) is 5. The summed E-state index contributed by atoms with van der Waals surface area (Å²) in [7, 11) is 3.14. The molecule has 0 radical (unpaired) electrons. The lowest BCUT2D eigenvalue weighted by atomic mass is 10.1. The molecule has 1 unspecified atom stereocenters. The van der Waals surface area contributed by atoms with Gasteiger partial charge in [0.15, 0.2) is 5.11 Å². The molecule has 0 spiro atoms. The minimum atomic E-state index is -0.779. The van der Waals surface area contributed by atoms with Crippen molar-refractivity contribution < 1.29 is 19.1 Å². The fourth-order valence-corrected chi connectivity index (χ4v) is 5.00. The fourth-order valence-electron chi connectivity index (χ4n) is 4.08. The minimum Gasteiger partial charge on any atom is -0.497 e. The van der Waals surface area contributed by atoms with E-state index in [4.69, 9.17) is 44.9 Å². The van der Waals surface area contributed by atoms with E-state index in [1.807, 2.05) is 6.07 Å². The second kappa shape index (κ2) is 11.8. The van der Waals surface area contributed by atoms with Crippen molar-refractivity contribution in [3.63, 3.8) is 0 Å². The van der Waals surface area contributed by atoms with Crippen LogP contribution in [0.3, 0.4) is 0 Å².